The quantitative estimate of drug-likeness (QED) is 0.773. The van der Waals surface area contributed by atoms with Crippen molar-refractivity contribution in [3.05, 3.63) is 35.2 Å². The Kier molecular flexibility index (Phi) is 4.70. The monoisotopic (exact) mass is 394 g/mol. The van der Waals surface area contributed by atoms with Crippen molar-refractivity contribution in [3.8, 4) is 0 Å². The van der Waals surface area contributed by atoms with Gasteiger partial charge in [-0.15, -0.1) is 0 Å². The van der Waals surface area contributed by atoms with Crippen LogP contribution >= 0.6 is 0 Å². The fraction of sp³-hybridized carbons (Fsp3) is 0.545. The van der Waals surface area contributed by atoms with E-state index in [4.69, 9.17) is 4.74 Å². The minimum Gasteiger partial charge on any atom is -0.381 e. The summed E-state index contributed by atoms with van der Waals surface area (Å²) in [6, 6.07) is 0.198. The molecule has 2 fully saturated rings. The smallest absolute Gasteiger partial charge is 0.281 e. The summed E-state index contributed by atoms with van der Waals surface area (Å²) in [5, 5.41) is 4.55. The van der Waals surface area contributed by atoms with Gasteiger partial charge in [-0.25, -0.2) is 4.99 Å². The van der Waals surface area contributed by atoms with Gasteiger partial charge in [-0.3, -0.25) is 14.3 Å². The summed E-state index contributed by atoms with van der Waals surface area (Å²) in [7, 11) is 0. The zero-order chi connectivity index (χ0) is 20.0. The molecule has 1 atom stereocenters. The number of rotatable bonds is 2. The summed E-state index contributed by atoms with van der Waals surface area (Å²) in [5.41, 5.74) is 3.80. The van der Waals surface area contributed by atoms with Crippen molar-refractivity contribution in [1.82, 2.24) is 14.7 Å². The van der Waals surface area contributed by atoms with Crippen LogP contribution in [-0.4, -0.2) is 58.5 Å². The molecule has 29 heavy (non-hydrogen) atoms. The van der Waals surface area contributed by atoms with Gasteiger partial charge in [0.1, 0.15) is 0 Å². The third-order valence-corrected chi connectivity index (χ3v) is 6.44. The number of aliphatic imine (C=N–C) groups is 1. The van der Waals surface area contributed by atoms with Gasteiger partial charge in [-0.2, -0.15) is 5.10 Å². The number of likely N-dealkylation sites (tertiary alicyclic amines) is 1. The molecule has 5 rings (SSSR count). The number of hydrogen-bond donors (Lipinski definition) is 0. The Morgan fingerprint density at radius 3 is 2.69 bits per heavy atom. The molecule has 4 aliphatic rings. The molecule has 1 aromatic rings. The van der Waals surface area contributed by atoms with E-state index < -0.39 is 0 Å². The molecule has 2 amide bonds. The molecule has 1 aliphatic carbocycles. The zero-order valence-corrected chi connectivity index (χ0v) is 16.8. The topological polar surface area (TPSA) is 76.8 Å². The lowest BCUT2D eigenvalue weighted by Crippen LogP contribution is -2.40. The Morgan fingerprint density at radius 2 is 1.93 bits per heavy atom. The van der Waals surface area contributed by atoms with Crippen molar-refractivity contribution in [1.29, 1.82) is 0 Å². The summed E-state index contributed by atoms with van der Waals surface area (Å²) in [4.78, 5) is 32.1. The fourth-order valence-electron chi connectivity index (χ4n) is 4.80. The van der Waals surface area contributed by atoms with Gasteiger partial charge in [-0.05, 0) is 45.1 Å². The van der Waals surface area contributed by atoms with E-state index in [0.717, 1.165) is 55.6 Å². The maximum Gasteiger partial charge on any atom is 0.281 e. The van der Waals surface area contributed by atoms with Crippen LogP contribution in [0.2, 0.25) is 0 Å². The molecule has 152 valence electrons. The van der Waals surface area contributed by atoms with E-state index in [1.807, 2.05) is 28.7 Å². The number of ether oxygens (including phenoxy) is 1. The van der Waals surface area contributed by atoms with Crippen LogP contribution in [0.4, 0.5) is 0 Å². The van der Waals surface area contributed by atoms with E-state index in [1.165, 1.54) is 6.42 Å². The van der Waals surface area contributed by atoms with Crippen LogP contribution in [0, 0.1) is 5.92 Å². The predicted octanol–water partition coefficient (Wildman–Crippen LogP) is 2.80. The molecule has 1 aromatic heterocycles. The minimum atomic E-state index is -0.304. The second-order valence-electron chi connectivity index (χ2n) is 8.33. The number of fused-ring (bicyclic) bond motifs is 3. The molecule has 0 bridgehead atoms. The highest BCUT2D eigenvalue weighted by Gasteiger charge is 2.36. The zero-order valence-electron chi connectivity index (χ0n) is 16.8. The SMILES string of the molecule is CC1=CC2=NC(=O)c3cnn(C4CCOCC4)c3C2=CC1C(=O)N1CCCCC1. The number of amides is 2. The van der Waals surface area contributed by atoms with Crippen LogP contribution in [0.25, 0.3) is 5.57 Å². The Bertz CT molecular complexity index is 943. The van der Waals surface area contributed by atoms with Crippen molar-refractivity contribution in [2.45, 2.75) is 45.1 Å². The van der Waals surface area contributed by atoms with E-state index >= 15 is 0 Å². The van der Waals surface area contributed by atoms with E-state index in [0.29, 0.717) is 24.5 Å². The molecule has 0 aromatic carbocycles. The van der Waals surface area contributed by atoms with Crippen molar-refractivity contribution >= 4 is 23.1 Å². The molecular formula is C22H26N4O3. The molecule has 0 spiro atoms. The number of carbonyl (C=O) groups is 2. The molecule has 7 nitrogen and oxygen atoms in total. The molecule has 0 N–H and O–H groups in total. The molecule has 0 radical (unpaired) electrons. The second kappa shape index (κ2) is 7.37. The Labute approximate surface area is 170 Å². The predicted molar refractivity (Wildman–Crippen MR) is 109 cm³/mol. The number of allylic oxidation sites excluding steroid dienone is 2. The first-order chi connectivity index (χ1) is 14.1. The minimum absolute atomic E-state index is 0.153. The summed E-state index contributed by atoms with van der Waals surface area (Å²) in [6.45, 7) is 5.01. The Hall–Kier alpha value is -2.54. The van der Waals surface area contributed by atoms with Crippen molar-refractivity contribution in [2.75, 3.05) is 26.3 Å². The van der Waals surface area contributed by atoms with Gasteiger partial charge in [-0.1, -0.05) is 11.6 Å². The molecular weight excluding hydrogens is 368 g/mol. The van der Waals surface area contributed by atoms with Crippen LogP contribution in [0.1, 0.15) is 61.1 Å². The van der Waals surface area contributed by atoms with Crippen LogP contribution in [0.15, 0.2) is 28.9 Å². The summed E-state index contributed by atoms with van der Waals surface area (Å²) >= 11 is 0. The van der Waals surface area contributed by atoms with Gasteiger partial charge in [0.2, 0.25) is 5.91 Å². The molecule has 7 heteroatoms. The lowest BCUT2D eigenvalue weighted by Gasteiger charge is -2.32. The molecule has 2 saturated heterocycles. The lowest BCUT2D eigenvalue weighted by molar-refractivity contribution is -0.133. The molecule has 1 unspecified atom stereocenters. The standard InChI is InChI=1S/C22H26N4O3/c1-14-11-19-17(12-16(14)22(28)25-7-3-2-4-8-25)20-18(21(27)24-19)13-23-26(20)15-5-9-29-10-6-15/h11-13,15-16H,2-10H2,1H3. The number of nitrogens with zero attached hydrogens (tertiary/aromatic N) is 4. The van der Waals surface area contributed by atoms with E-state index in [1.54, 1.807) is 6.20 Å². The van der Waals surface area contributed by atoms with Gasteiger partial charge < -0.3 is 9.64 Å². The van der Waals surface area contributed by atoms with Gasteiger partial charge in [0.15, 0.2) is 0 Å². The fourth-order valence-corrected chi connectivity index (χ4v) is 4.80. The van der Waals surface area contributed by atoms with Crippen LogP contribution in [0.3, 0.4) is 0 Å². The van der Waals surface area contributed by atoms with Crippen LogP contribution in [-0.2, 0) is 9.53 Å². The van der Waals surface area contributed by atoms with E-state index in [2.05, 4.69) is 10.1 Å². The Morgan fingerprint density at radius 1 is 1.17 bits per heavy atom. The van der Waals surface area contributed by atoms with Crippen molar-refractivity contribution in [3.63, 3.8) is 0 Å². The number of aromatic nitrogens is 2. The molecule has 4 heterocycles. The number of carbonyl (C=O) groups excluding carboxylic acids is 2. The summed E-state index contributed by atoms with van der Waals surface area (Å²) in [6.07, 6.45) is 10.6. The van der Waals surface area contributed by atoms with Crippen molar-refractivity contribution < 1.29 is 14.3 Å². The largest absolute Gasteiger partial charge is 0.381 e. The highest BCUT2D eigenvalue weighted by molar-refractivity contribution is 6.36. The van der Waals surface area contributed by atoms with E-state index in [-0.39, 0.29) is 23.8 Å². The first kappa shape index (κ1) is 18.5. The van der Waals surface area contributed by atoms with Gasteiger partial charge in [0.25, 0.3) is 5.91 Å². The first-order valence-corrected chi connectivity index (χ1v) is 10.6. The van der Waals surface area contributed by atoms with Crippen LogP contribution < -0.4 is 0 Å². The van der Waals surface area contributed by atoms with Crippen LogP contribution in [0.5, 0.6) is 0 Å². The third kappa shape index (κ3) is 3.17. The average Bonchev–Trinajstić information content (AvgIpc) is 3.20. The normalized spacial score (nSPS) is 25.0. The van der Waals surface area contributed by atoms with E-state index in [9.17, 15) is 9.59 Å². The maximum absolute atomic E-state index is 13.2. The first-order valence-electron chi connectivity index (χ1n) is 10.6. The maximum atomic E-state index is 13.2. The second-order valence-corrected chi connectivity index (χ2v) is 8.33. The number of piperidine rings is 1. The highest BCUT2D eigenvalue weighted by Crippen LogP contribution is 2.37. The summed E-state index contributed by atoms with van der Waals surface area (Å²) in [5.74, 6) is -0.406. The highest BCUT2D eigenvalue weighted by atomic mass is 16.5. The molecule has 3 aliphatic heterocycles. The lowest BCUT2D eigenvalue weighted by atomic mass is 9.84. The van der Waals surface area contributed by atoms with Gasteiger partial charge >= 0.3 is 0 Å². The Balaban J connectivity index is 1.54. The third-order valence-electron chi connectivity index (χ3n) is 6.44. The summed E-state index contributed by atoms with van der Waals surface area (Å²) < 4.78 is 7.46. The van der Waals surface area contributed by atoms with Gasteiger partial charge in [0, 0.05) is 31.9 Å². The average molecular weight is 394 g/mol. The number of hydrogen-bond acceptors (Lipinski definition) is 4. The van der Waals surface area contributed by atoms with Gasteiger partial charge in [0.05, 0.1) is 35.1 Å². The van der Waals surface area contributed by atoms with Crippen molar-refractivity contribution in [2.24, 2.45) is 10.9 Å². The molecule has 0 saturated carbocycles.